The zero-order valence-electron chi connectivity index (χ0n) is 16.1. The van der Waals surface area contributed by atoms with Gasteiger partial charge in [-0.25, -0.2) is 4.79 Å². The minimum absolute atomic E-state index is 0.194. The van der Waals surface area contributed by atoms with Crippen molar-refractivity contribution in [3.05, 3.63) is 53.1 Å². The van der Waals surface area contributed by atoms with Crippen LogP contribution >= 0.6 is 0 Å². The number of nitrogens with one attached hydrogen (secondary N) is 1. The molecule has 0 saturated carbocycles. The number of benzene rings is 2. The van der Waals surface area contributed by atoms with E-state index >= 15 is 0 Å². The fourth-order valence-corrected chi connectivity index (χ4v) is 2.75. The Morgan fingerprint density at radius 3 is 2.71 bits per heavy atom. The minimum atomic E-state index is -0.605. The molecule has 3 rings (SSSR count). The maximum Gasteiger partial charge on any atom is 0.344 e. The molecule has 0 spiro atoms. The van der Waals surface area contributed by atoms with Gasteiger partial charge in [-0.15, -0.1) is 0 Å². The minimum Gasteiger partial charge on any atom is -0.482 e. The number of fused-ring (bicyclic) bond motifs is 1. The third-order valence-electron chi connectivity index (χ3n) is 4.54. The normalized spacial score (nSPS) is 13.0. The van der Waals surface area contributed by atoms with Crippen LogP contribution in [-0.4, -0.2) is 31.9 Å². The molecule has 1 aliphatic heterocycles. The molecule has 0 fully saturated rings. The van der Waals surface area contributed by atoms with E-state index in [0.29, 0.717) is 17.2 Å². The van der Waals surface area contributed by atoms with Crippen molar-refractivity contribution >= 4 is 11.9 Å². The number of ether oxygens (including phenoxy) is 4. The standard InChI is InChI=1S/C21H23NO6/c1-13-5-4-6-17(14(13)2)25-11-21(24)26-10-20(23)22-15(3)16-7-8-18-19(9-16)28-12-27-18/h4-9,15H,10-12H2,1-3H3,(H,22,23)/t15-/m1/s1. The predicted octanol–water partition coefficient (Wildman–Crippen LogP) is 2.83. The quantitative estimate of drug-likeness (QED) is 0.738. The van der Waals surface area contributed by atoms with Crippen molar-refractivity contribution in [1.82, 2.24) is 5.32 Å². The summed E-state index contributed by atoms with van der Waals surface area (Å²) in [6.07, 6.45) is 0. The first-order valence-corrected chi connectivity index (χ1v) is 8.97. The summed E-state index contributed by atoms with van der Waals surface area (Å²) in [5.74, 6) is 0.948. The van der Waals surface area contributed by atoms with Crippen LogP contribution in [0.4, 0.5) is 0 Å². The number of aryl methyl sites for hydroxylation is 1. The lowest BCUT2D eigenvalue weighted by Gasteiger charge is -2.15. The van der Waals surface area contributed by atoms with Crippen molar-refractivity contribution in [3.63, 3.8) is 0 Å². The molecule has 2 aromatic rings. The molecule has 1 aliphatic rings. The Hall–Kier alpha value is -3.22. The second-order valence-corrected chi connectivity index (χ2v) is 6.55. The summed E-state index contributed by atoms with van der Waals surface area (Å²) in [5.41, 5.74) is 2.90. The van der Waals surface area contributed by atoms with Crippen LogP contribution in [0.5, 0.6) is 17.2 Å². The van der Waals surface area contributed by atoms with E-state index in [1.54, 1.807) is 12.1 Å². The highest BCUT2D eigenvalue weighted by molar-refractivity contribution is 5.81. The molecule has 1 heterocycles. The van der Waals surface area contributed by atoms with E-state index in [1.807, 2.05) is 45.0 Å². The van der Waals surface area contributed by atoms with Gasteiger partial charge in [-0.1, -0.05) is 18.2 Å². The van der Waals surface area contributed by atoms with E-state index in [9.17, 15) is 9.59 Å². The largest absolute Gasteiger partial charge is 0.482 e. The topological polar surface area (TPSA) is 83.1 Å². The Morgan fingerprint density at radius 1 is 1.11 bits per heavy atom. The van der Waals surface area contributed by atoms with Gasteiger partial charge in [-0.3, -0.25) is 4.79 Å². The van der Waals surface area contributed by atoms with Gasteiger partial charge in [0.05, 0.1) is 6.04 Å². The molecule has 148 valence electrons. The van der Waals surface area contributed by atoms with Gasteiger partial charge in [0, 0.05) is 0 Å². The van der Waals surface area contributed by atoms with Gasteiger partial charge in [-0.2, -0.15) is 0 Å². The van der Waals surface area contributed by atoms with Gasteiger partial charge < -0.3 is 24.3 Å². The second kappa shape index (κ2) is 8.65. The Bertz CT molecular complexity index is 879. The fourth-order valence-electron chi connectivity index (χ4n) is 2.75. The Kier molecular flexibility index (Phi) is 6.03. The van der Waals surface area contributed by atoms with Crippen LogP contribution in [0.15, 0.2) is 36.4 Å². The third kappa shape index (κ3) is 4.73. The molecule has 0 aromatic heterocycles. The monoisotopic (exact) mass is 385 g/mol. The summed E-state index contributed by atoms with van der Waals surface area (Å²) in [5, 5.41) is 2.78. The first-order chi connectivity index (χ1) is 13.4. The summed E-state index contributed by atoms with van der Waals surface area (Å²) in [4.78, 5) is 23.9. The van der Waals surface area contributed by atoms with Crippen molar-refractivity contribution in [2.75, 3.05) is 20.0 Å². The van der Waals surface area contributed by atoms with Crippen LogP contribution in [-0.2, 0) is 14.3 Å². The smallest absolute Gasteiger partial charge is 0.344 e. The number of hydrogen-bond acceptors (Lipinski definition) is 6. The molecule has 28 heavy (non-hydrogen) atoms. The first-order valence-electron chi connectivity index (χ1n) is 8.97. The maximum absolute atomic E-state index is 12.1. The van der Waals surface area contributed by atoms with Crippen molar-refractivity contribution in [2.24, 2.45) is 0 Å². The molecular formula is C21H23NO6. The van der Waals surface area contributed by atoms with E-state index < -0.39 is 11.9 Å². The Balaban J connectivity index is 1.43. The summed E-state index contributed by atoms with van der Waals surface area (Å²) < 4.78 is 21.1. The molecule has 0 aliphatic carbocycles. The molecule has 0 radical (unpaired) electrons. The highest BCUT2D eigenvalue weighted by atomic mass is 16.7. The van der Waals surface area contributed by atoms with E-state index in [0.717, 1.165) is 16.7 Å². The number of carbonyl (C=O) groups is 2. The highest BCUT2D eigenvalue weighted by Crippen LogP contribution is 2.34. The molecular weight excluding hydrogens is 362 g/mol. The SMILES string of the molecule is Cc1cccc(OCC(=O)OCC(=O)N[C@H](C)c2ccc3c(c2)OCO3)c1C. The van der Waals surface area contributed by atoms with Crippen molar-refractivity contribution < 1.29 is 28.5 Å². The molecule has 1 amide bonds. The summed E-state index contributed by atoms with van der Waals surface area (Å²) in [6.45, 7) is 5.28. The number of rotatable bonds is 7. The van der Waals surface area contributed by atoms with E-state index in [2.05, 4.69) is 5.32 Å². The average molecular weight is 385 g/mol. The van der Waals surface area contributed by atoms with Gasteiger partial charge in [0.2, 0.25) is 6.79 Å². The molecule has 1 N–H and O–H groups in total. The van der Waals surface area contributed by atoms with Crippen molar-refractivity contribution in [3.8, 4) is 17.2 Å². The zero-order chi connectivity index (χ0) is 20.1. The van der Waals surface area contributed by atoms with Crippen LogP contribution in [0.2, 0.25) is 0 Å². The summed E-state index contributed by atoms with van der Waals surface area (Å²) in [6, 6.07) is 10.8. The summed E-state index contributed by atoms with van der Waals surface area (Å²) >= 11 is 0. The van der Waals surface area contributed by atoms with E-state index in [1.165, 1.54) is 0 Å². The lowest BCUT2D eigenvalue weighted by atomic mass is 10.1. The lowest BCUT2D eigenvalue weighted by Crippen LogP contribution is -2.32. The molecule has 1 atom stereocenters. The van der Waals surface area contributed by atoms with E-state index in [-0.39, 0.29) is 26.0 Å². The number of hydrogen-bond donors (Lipinski definition) is 1. The van der Waals surface area contributed by atoms with E-state index in [4.69, 9.17) is 18.9 Å². The van der Waals surface area contributed by atoms with Gasteiger partial charge in [-0.05, 0) is 55.7 Å². The molecule has 0 bridgehead atoms. The highest BCUT2D eigenvalue weighted by Gasteiger charge is 2.17. The van der Waals surface area contributed by atoms with Crippen LogP contribution < -0.4 is 19.5 Å². The fraction of sp³-hybridized carbons (Fsp3) is 0.333. The average Bonchev–Trinajstić information content (AvgIpc) is 3.15. The van der Waals surface area contributed by atoms with Crippen LogP contribution in [0, 0.1) is 13.8 Å². The van der Waals surface area contributed by atoms with Crippen LogP contribution in [0.1, 0.15) is 29.7 Å². The predicted molar refractivity (Wildman–Crippen MR) is 101 cm³/mol. The number of esters is 1. The van der Waals surface area contributed by atoms with Gasteiger partial charge in [0.1, 0.15) is 5.75 Å². The van der Waals surface area contributed by atoms with Gasteiger partial charge in [0.25, 0.3) is 5.91 Å². The molecule has 7 nitrogen and oxygen atoms in total. The molecule has 2 aromatic carbocycles. The third-order valence-corrected chi connectivity index (χ3v) is 4.54. The van der Waals surface area contributed by atoms with Crippen LogP contribution in [0.25, 0.3) is 0 Å². The number of amides is 1. The van der Waals surface area contributed by atoms with Crippen molar-refractivity contribution in [2.45, 2.75) is 26.8 Å². The zero-order valence-corrected chi connectivity index (χ0v) is 16.1. The molecule has 0 saturated heterocycles. The maximum atomic E-state index is 12.1. The van der Waals surface area contributed by atoms with Gasteiger partial charge >= 0.3 is 5.97 Å². The summed E-state index contributed by atoms with van der Waals surface area (Å²) in [7, 11) is 0. The first kappa shape index (κ1) is 19.5. The molecule has 7 heteroatoms. The molecule has 0 unspecified atom stereocenters. The number of carbonyl (C=O) groups excluding carboxylic acids is 2. The Morgan fingerprint density at radius 2 is 1.89 bits per heavy atom. The Labute approximate surface area is 163 Å². The lowest BCUT2D eigenvalue weighted by molar-refractivity contribution is -0.150. The van der Waals surface area contributed by atoms with Crippen LogP contribution in [0.3, 0.4) is 0 Å². The van der Waals surface area contributed by atoms with Crippen molar-refractivity contribution in [1.29, 1.82) is 0 Å². The van der Waals surface area contributed by atoms with Gasteiger partial charge in [0.15, 0.2) is 24.7 Å². The second-order valence-electron chi connectivity index (χ2n) is 6.55.